The standard InChI is InChI=1S/C14H29BO5/c1-9(2)6-10(17-4)7-19-13-12(18-5)11(8-16-3)20-14(13)15/h9-14H,6-8,15H2,1-5H3/t10-,11-,12?,13+,14-/m1/s1. The molecular formula is C14H29BO5. The zero-order chi connectivity index (χ0) is 15.1. The summed E-state index contributed by atoms with van der Waals surface area (Å²) in [6, 6.07) is -0.00310. The van der Waals surface area contributed by atoms with Crippen molar-refractivity contribution in [3.05, 3.63) is 0 Å². The Morgan fingerprint density at radius 2 is 1.85 bits per heavy atom. The van der Waals surface area contributed by atoms with E-state index in [4.69, 9.17) is 23.7 Å². The molecule has 0 saturated carbocycles. The maximum atomic E-state index is 6.02. The van der Waals surface area contributed by atoms with Gasteiger partial charge in [-0.05, 0) is 12.3 Å². The highest BCUT2D eigenvalue weighted by molar-refractivity contribution is 6.11. The second-order valence-electron chi connectivity index (χ2n) is 5.82. The molecule has 0 N–H and O–H groups in total. The Kier molecular flexibility index (Phi) is 8.06. The van der Waals surface area contributed by atoms with E-state index in [-0.39, 0.29) is 30.4 Å². The van der Waals surface area contributed by atoms with Crippen molar-refractivity contribution in [3.63, 3.8) is 0 Å². The number of hydrogen-bond donors (Lipinski definition) is 0. The Labute approximate surface area is 123 Å². The van der Waals surface area contributed by atoms with Crippen LogP contribution in [0, 0.1) is 5.92 Å². The van der Waals surface area contributed by atoms with E-state index < -0.39 is 0 Å². The van der Waals surface area contributed by atoms with Crippen molar-refractivity contribution >= 4 is 7.85 Å². The van der Waals surface area contributed by atoms with E-state index >= 15 is 0 Å². The van der Waals surface area contributed by atoms with Gasteiger partial charge in [-0.2, -0.15) is 0 Å². The first-order chi connectivity index (χ1) is 9.53. The summed E-state index contributed by atoms with van der Waals surface area (Å²) in [5, 5.41) is 0. The highest BCUT2D eigenvalue weighted by atomic mass is 16.6. The van der Waals surface area contributed by atoms with E-state index in [1.807, 2.05) is 7.85 Å². The quantitative estimate of drug-likeness (QED) is 0.577. The SMILES string of the molecule is B[C@@H]1O[C@H](COC)C(OC)[C@@H]1OC[C@@H](CC(C)C)OC. The van der Waals surface area contributed by atoms with Gasteiger partial charge in [-0.25, -0.2) is 0 Å². The van der Waals surface area contributed by atoms with Gasteiger partial charge in [0, 0.05) is 21.3 Å². The van der Waals surface area contributed by atoms with E-state index in [9.17, 15) is 0 Å². The van der Waals surface area contributed by atoms with Crippen molar-refractivity contribution in [2.75, 3.05) is 34.5 Å². The lowest BCUT2D eigenvalue weighted by Crippen LogP contribution is -2.40. The number of methoxy groups -OCH3 is 3. The maximum Gasteiger partial charge on any atom is 0.142 e. The van der Waals surface area contributed by atoms with E-state index in [1.54, 1.807) is 21.3 Å². The molecule has 0 aliphatic carbocycles. The lowest BCUT2D eigenvalue weighted by atomic mass is 9.92. The highest BCUT2D eigenvalue weighted by Crippen LogP contribution is 2.25. The van der Waals surface area contributed by atoms with Crippen LogP contribution in [0.15, 0.2) is 0 Å². The number of hydrogen-bond acceptors (Lipinski definition) is 5. The van der Waals surface area contributed by atoms with Gasteiger partial charge in [-0.3, -0.25) is 0 Å². The van der Waals surface area contributed by atoms with Crippen LogP contribution >= 0.6 is 0 Å². The molecule has 0 amide bonds. The monoisotopic (exact) mass is 288 g/mol. The summed E-state index contributed by atoms with van der Waals surface area (Å²) in [4.78, 5) is 0. The van der Waals surface area contributed by atoms with Gasteiger partial charge in [0.15, 0.2) is 0 Å². The summed E-state index contributed by atoms with van der Waals surface area (Å²) < 4.78 is 28.0. The Balaban J connectivity index is 2.51. The second-order valence-corrected chi connectivity index (χ2v) is 5.82. The zero-order valence-electron chi connectivity index (χ0n) is 13.6. The van der Waals surface area contributed by atoms with Crippen LogP contribution in [-0.2, 0) is 23.7 Å². The fourth-order valence-corrected chi connectivity index (χ4v) is 2.70. The van der Waals surface area contributed by atoms with Crippen LogP contribution < -0.4 is 0 Å². The molecule has 0 aromatic rings. The molecule has 0 radical (unpaired) electrons. The summed E-state index contributed by atoms with van der Waals surface area (Å²) in [5.41, 5.74) is 0. The minimum absolute atomic E-state index is 0.00310. The van der Waals surface area contributed by atoms with E-state index in [0.717, 1.165) is 6.42 Å². The predicted octanol–water partition coefficient (Wildman–Crippen LogP) is 0.452. The molecule has 20 heavy (non-hydrogen) atoms. The molecule has 1 saturated heterocycles. The van der Waals surface area contributed by atoms with Gasteiger partial charge in [-0.15, -0.1) is 0 Å². The van der Waals surface area contributed by atoms with E-state index in [0.29, 0.717) is 19.1 Å². The summed E-state index contributed by atoms with van der Waals surface area (Å²) >= 11 is 0. The smallest absolute Gasteiger partial charge is 0.142 e. The first kappa shape index (κ1) is 17.9. The van der Waals surface area contributed by atoms with Gasteiger partial charge in [0.25, 0.3) is 0 Å². The largest absolute Gasteiger partial charge is 0.382 e. The average Bonchev–Trinajstić information content (AvgIpc) is 2.70. The maximum absolute atomic E-state index is 6.02. The van der Waals surface area contributed by atoms with Crippen molar-refractivity contribution in [1.82, 2.24) is 0 Å². The van der Waals surface area contributed by atoms with Crippen molar-refractivity contribution < 1.29 is 23.7 Å². The Bertz CT molecular complexity index is 264. The predicted molar refractivity (Wildman–Crippen MR) is 79.9 cm³/mol. The third-order valence-corrected chi connectivity index (χ3v) is 3.69. The average molecular weight is 288 g/mol. The molecular weight excluding hydrogens is 259 g/mol. The molecule has 1 fully saturated rings. The number of rotatable bonds is 9. The molecule has 0 aromatic carbocycles. The third-order valence-electron chi connectivity index (χ3n) is 3.69. The molecule has 6 heteroatoms. The molecule has 0 spiro atoms. The van der Waals surface area contributed by atoms with Crippen LogP contribution in [-0.4, -0.2) is 72.8 Å². The van der Waals surface area contributed by atoms with Crippen molar-refractivity contribution in [2.24, 2.45) is 5.92 Å². The molecule has 0 bridgehead atoms. The molecule has 5 nitrogen and oxygen atoms in total. The summed E-state index contributed by atoms with van der Waals surface area (Å²) in [6.45, 7) is 5.44. The van der Waals surface area contributed by atoms with Crippen molar-refractivity contribution in [3.8, 4) is 0 Å². The van der Waals surface area contributed by atoms with Crippen LogP contribution in [0.3, 0.4) is 0 Å². The molecule has 0 aromatic heterocycles. The zero-order valence-corrected chi connectivity index (χ0v) is 13.6. The van der Waals surface area contributed by atoms with Crippen molar-refractivity contribution in [1.29, 1.82) is 0 Å². The highest BCUT2D eigenvalue weighted by Gasteiger charge is 2.43. The minimum Gasteiger partial charge on any atom is -0.382 e. The molecule has 1 aliphatic heterocycles. The van der Waals surface area contributed by atoms with Gasteiger partial charge in [-0.1, -0.05) is 13.8 Å². The molecule has 1 aliphatic rings. The van der Waals surface area contributed by atoms with Crippen LogP contribution in [0.1, 0.15) is 20.3 Å². The lowest BCUT2D eigenvalue weighted by molar-refractivity contribution is -0.0818. The molecule has 1 heterocycles. The first-order valence-electron chi connectivity index (χ1n) is 7.35. The topological polar surface area (TPSA) is 46.2 Å². The third kappa shape index (κ3) is 5.00. The molecule has 1 unspecified atom stereocenters. The first-order valence-corrected chi connectivity index (χ1v) is 7.35. The minimum atomic E-state index is -0.0958. The summed E-state index contributed by atoms with van der Waals surface area (Å²) in [6.07, 6.45) is 0.848. The number of ether oxygens (including phenoxy) is 5. The van der Waals surface area contributed by atoms with Gasteiger partial charge in [0.05, 0.1) is 25.3 Å². The van der Waals surface area contributed by atoms with Gasteiger partial charge < -0.3 is 23.7 Å². The Morgan fingerprint density at radius 1 is 1.15 bits per heavy atom. The van der Waals surface area contributed by atoms with Crippen LogP contribution in [0.4, 0.5) is 0 Å². The van der Waals surface area contributed by atoms with Gasteiger partial charge in [0.2, 0.25) is 0 Å². The van der Waals surface area contributed by atoms with Crippen LogP contribution in [0.5, 0.6) is 0 Å². The molecule has 1 rings (SSSR count). The normalized spacial score (nSPS) is 31.9. The summed E-state index contributed by atoms with van der Waals surface area (Å²) in [7, 11) is 7.09. The molecule has 5 atom stereocenters. The van der Waals surface area contributed by atoms with Crippen LogP contribution in [0.25, 0.3) is 0 Å². The lowest BCUT2D eigenvalue weighted by Gasteiger charge is -2.25. The Hall–Kier alpha value is -0.135. The summed E-state index contributed by atoms with van der Waals surface area (Å²) in [5.74, 6) is 0.584. The van der Waals surface area contributed by atoms with Gasteiger partial charge in [0.1, 0.15) is 26.2 Å². The van der Waals surface area contributed by atoms with E-state index in [2.05, 4.69) is 13.8 Å². The second kappa shape index (κ2) is 9.00. The van der Waals surface area contributed by atoms with Crippen molar-refractivity contribution in [2.45, 2.75) is 50.7 Å². The van der Waals surface area contributed by atoms with Gasteiger partial charge >= 0.3 is 0 Å². The van der Waals surface area contributed by atoms with Crippen LogP contribution in [0.2, 0.25) is 0 Å². The van der Waals surface area contributed by atoms with E-state index in [1.165, 1.54) is 0 Å². The fraction of sp³-hybridized carbons (Fsp3) is 1.00. The fourth-order valence-electron chi connectivity index (χ4n) is 2.70. The Morgan fingerprint density at radius 3 is 2.35 bits per heavy atom. The molecule has 118 valence electrons.